The van der Waals surface area contributed by atoms with Gasteiger partial charge in [0.15, 0.2) is 0 Å². The number of phenols is 1. The van der Waals surface area contributed by atoms with Crippen molar-refractivity contribution in [3.05, 3.63) is 65.9 Å². The fraction of sp³-hybridized carbons (Fsp3) is 0.269. The van der Waals surface area contributed by atoms with Gasteiger partial charge in [0, 0.05) is 48.9 Å². The van der Waals surface area contributed by atoms with Gasteiger partial charge in [-0.15, -0.1) is 0 Å². The minimum atomic E-state index is -0.385. The highest BCUT2D eigenvalue weighted by Crippen LogP contribution is 2.40. The summed E-state index contributed by atoms with van der Waals surface area (Å²) in [5.41, 5.74) is 4.46. The number of nitrogens with one attached hydrogen (secondary N) is 3. The summed E-state index contributed by atoms with van der Waals surface area (Å²) < 4.78 is 5.39. The number of fused-ring (bicyclic) bond motifs is 1. The average Bonchev–Trinajstić information content (AvgIpc) is 3.30. The van der Waals surface area contributed by atoms with Crippen LogP contribution in [0.15, 0.2) is 54.7 Å². The van der Waals surface area contributed by atoms with E-state index in [1.54, 1.807) is 43.5 Å². The van der Waals surface area contributed by atoms with Crippen LogP contribution in [-0.4, -0.2) is 53.5 Å². The number of hydrogen-bond donors (Lipinski definition) is 4. The van der Waals surface area contributed by atoms with Crippen molar-refractivity contribution < 1.29 is 19.4 Å². The van der Waals surface area contributed by atoms with Crippen LogP contribution in [0.4, 0.5) is 11.4 Å². The van der Waals surface area contributed by atoms with E-state index in [4.69, 9.17) is 4.74 Å². The Bertz CT molecular complexity index is 1290. The molecule has 2 aromatic carbocycles. The summed E-state index contributed by atoms with van der Waals surface area (Å²) >= 11 is 0. The number of pyridine rings is 1. The third-order valence-electron chi connectivity index (χ3n) is 6.46. The maximum Gasteiger partial charge on any atom is 0.251 e. The highest BCUT2D eigenvalue weighted by Gasteiger charge is 2.27. The fourth-order valence-corrected chi connectivity index (χ4v) is 4.56. The molecule has 180 valence electrons. The molecule has 2 aliphatic rings. The van der Waals surface area contributed by atoms with Crippen LogP contribution in [0, 0.1) is 0 Å². The minimum Gasteiger partial charge on any atom is -0.508 e. The molecular formula is C26H27N5O4. The van der Waals surface area contributed by atoms with Gasteiger partial charge in [-0.25, -0.2) is 4.98 Å². The Morgan fingerprint density at radius 3 is 2.80 bits per heavy atom. The minimum absolute atomic E-state index is 0.0681. The Kier molecular flexibility index (Phi) is 5.90. The summed E-state index contributed by atoms with van der Waals surface area (Å²) in [5, 5.41) is 20.3. The van der Waals surface area contributed by atoms with Gasteiger partial charge >= 0.3 is 0 Å². The molecular weight excluding hydrogens is 446 g/mol. The van der Waals surface area contributed by atoms with Gasteiger partial charge in [-0.2, -0.15) is 0 Å². The summed E-state index contributed by atoms with van der Waals surface area (Å²) in [6, 6.07) is 14.4. The molecule has 3 heterocycles. The van der Waals surface area contributed by atoms with Gasteiger partial charge in [0.25, 0.3) is 5.91 Å². The number of piperidine rings is 1. The number of rotatable bonds is 5. The Morgan fingerprint density at radius 1 is 1.17 bits per heavy atom. The molecule has 2 amide bonds. The number of nitrogens with zero attached hydrogens (tertiary/aromatic N) is 2. The first-order valence-electron chi connectivity index (χ1n) is 11.5. The van der Waals surface area contributed by atoms with E-state index in [-0.39, 0.29) is 29.8 Å². The molecule has 2 aliphatic heterocycles. The number of ether oxygens (including phenoxy) is 1. The second kappa shape index (κ2) is 9.17. The second-order valence-electron chi connectivity index (χ2n) is 8.80. The molecule has 3 aromatic rings. The summed E-state index contributed by atoms with van der Waals surface area (Å²) in [6.07, 6.45) is 2.36. The van der Waals surface area contributed by atoms with Gasteiger partial charge in [-0.1, -0.05) is 6.07 Å². The Balaban J connectivity index is 1.33. The van der Waals surface area contributed by atoms with Crippen molar-refractivity contribution in [3.63, 3.8) is 0 Å². The molecule has 4 N–H and O–H groups in total. The Hall–Kier alpha value is -4.27. The van der Waals surface area contributed by atoms with E-state index in [1.807, 2.05) is 30.3 Å². The molecule has 1 fully saturated rings. The molecule has 35 heavy (non-hydrogen) atoms. The molecule has 1 saturated heterocycles. The molecule has 0 bridgehead atoms. The number of likely N-dealkylation sites (tertiary alicyclic amines) is 1. The van der Waals surface area contributed by atoms with Crippen molar-refractivity contribution >= 4 is 23.2 Å². The van der Waals surface area contributed by atoms with Crippen LogP contribution < -0.4 is 20.7 Å². The molecule has 1 aromatic heterocycles. The normalized spacial score (nSPS) is 18.9. The Morgan fingerprint density at radius 2 is 2.00 bits per heavy atom. The van der Waals surface area contributed by atoms with Gasteiger partial charge in [0.1, 0.15) is 11.9 Å². The number of aromatic hydroxyl groups is 1. The van der Waals surface area contributed by atoms with Crippen molar-refractivity contribution in [2.24, 2.45) is 0 Å². The van der Waals surface area contributed by atoms with E-state index in [2.05, 4.69) is 20.9 Å². The summed E-state index contributed by atoms with van der Waals surface area (Å²) in [7, 11) is 3.32. The fourth-order valence-electron chi connectivity index (χ4n) is 4.56. The number of phenolic OH excluding ortho intramolecular Hbond substituents is 1. The standard InChI is InChI=1S/C26H27N5O4/c1-31-14-17(7-10-23(31)33)28-25(34)16-5-8-20-21(13-16)30-24(29-20)19-12-15(6-9-22(19)32)18-4-3-11-27-26(18)35-2/h3-6,8-9,11-13,17,24,29-30,32H,7,10,14H2,1-2H3,(H,28,34). The molecule has 0 spiro atoms. The number of anilines is 2. The highest BCUT2D eigenvalue weighted by atomic mass is 16.5. The van der Waals surface area contributed by atoms with Gasteiger partial charge in [0.2, 0.25) is 11.8 Å². The summed E-state index contributed by atoms with van der Waals surface area (Å²) in [6.45, 7) is 0.509. The number of carbonyl (C=O) groups excluding carboxylic acids is 2. The van der Waals surface area contributed by atoms with Crippen LogP contribution in [0.3, 0.4) is 0 Å². The van der Waals surface area contributed by atoms with Crippen molar-refractivity contribution in [1.82, 2.24) is 15.2 Å². The van der Waals surface area contributed by atoms with E-state index >= 15 is 0 Å². The third kappa shape index (κ3) is 4.44. The van der Waals surface area contributed by atoms with Gasteiger partial charge in [-0.3, -0.25) is 9.59 Å². The predicted octanol–water partition coefficient (Wildman–Crippen LogP) is 3.35. The molecule has 0 aliphatic carbocycles. The lowest BCUT2D eigenvalue weighted by Crippen LogP contribution is -2.48. The van der Waals surface area contributed by atoms with Gasteiger partial charge in [-0.05, 0) is 54.4 Å². The zero-order valence-corrected chi connectivity index (χ0v) is 19.5. The second-order valence-corrected chi connectivity index (χ2v) is 8.80. The van der Waals surface area contributed by atoms with E-state index < -0.39 is 0 Å². The number of likely N-dealkylation sites (N-methyl/N-ethyl adjacent to an activating group) is 1. The van der Waals surface area contributed by atoms with Crippen molar-refractivity contribution in [2.45, 2.75) is 25.0 Å². The quantitative estimate of drug-likeness (QED) is 0.449. The third-order valence-corrected chi connectivity index (χ3v) is 6.46. The molecule has 2 atom stereocenters. The first-order chi connectivity index (χ1) is 16.9. The van der Waals surface area contributed by atoms with Gasteiger partial charge < -0.3 is 30.7 Å². The zero-order chi connectivity index (χ0) is 24.5. The summed E-state index contributed by atoms with van der Waals surface area (Å²) in [4.78, 5) is 30.5. The number of benzene rings is 2. The molecule has 0 saturated carbocycles. The van der Waals surface area contributed by atoms with E-state index in [0.717, 1.165) is 22.5 Å². The SMILES string of the molecule is COc1ncccc1-c1ccc(O)c(C2Nc3ccc(C(=O)NC4CCC(=O)N(C)C4)cc3N2)c1. The first kappa shape index (κ1) is 22.5. The smallest absolute Gasteiger partial charge is 0.251 e. The maximum atomic E-state index is 12.8. The highest BCUT2D eigenvalue weighted by molar-refractivity contribution is 5.97. The predicted molar refractivity (Wildman–Crippen MR) is 132 cm³/mol. The number of aromatic nitrogens is 1. The number of amides is 2. The topological polar surface area (TPSA) is 116 Å². The zero-order valence-electron chi connectivity index (χ0n) is 19.5. The Labute approximate surface area is 203 Å². The van der Waals surface area contributed by atoms with Crippen LogP contribution in [0.5, 0.6) is 11.6 Å². The van der Waals surface area contributed by atoms with E-state index in [0.29, 0.717) is 36.4 Å². The van der Waals surface area contributed by atoms with E-state index in [1.165, 1.54) is 0 Å². The molecule has 9 heteroatoms. The molecule has 9 nitrogen and oxygen atoms in total. The molecule has 0 radical (unpaired) electrons. The van der Waals surface area contributed by atoms with Crippen molar-refractivity contribution in [2.75, 3.05) is 31.3 Å². The largest absolute Gasteiger partial charge is 0.508 e. The average molecular weight is 474 g/mol. The van der Waals surface area contributed by atoms with Gasteiger partial charge in [0.05, 0.1) is 18.5 Å². The monoisotopic (exact) mass is 473 g/mol. The van der Waals surface area contributed by atoms with Crippen LogP contribution in [0.2, 0.25) is 0 Å². The van der Waals surface area contributed by atoms with Crippen LogP contribution in [0.25, 0.3) is 11.1 Å². The number of methoxy groups -OCH3 is 1. The van der Waals surface area contributed by atoms with Crippen molar-refractivity contribution in [3.8, 4) is 22.8 Å². The number of hydrogen-bond acceptors (Lipinski definition) is 7. The summed E-state index contributed by atoms with van der Waals surface area (Å²) in [5.74, 6) is 0.565. The maximum absolute atomic E-state index is 12.8. The van der Waals surface area contributed by atoms with Crippen LogP contribution in [-0.2, 0) is 4.79 Å². The lowest BCUT2D eigenvalue weighted by molar-refractivity contribution is -0.132. The van der Waals surface area contributed by atoms with Crippen molar-refractivity contribution in [1.29, 1.82) is 0 Å². The lowest BCUT2D eigenvalue weighted by atomic mass is 10.0. The van der Waals surface area contributed by atoms with Crippen LogP contribution in [0.1, 0.15) is 34.9 Å². The lowest BCUT2D eigenvalue weighted by Gasteiger charge is -2.30. The first-order valence-corrected chi connectivity index (χ1v) is 11.5. The molecule has 5 rings (SSSR count). The van der Waals surface area contributed by atoms with E-state index in [9.17, 15) is 14.7 Å². The molecule has 2 unspecified atom stereocenters. The van der Waals surface area contributed by atoms with Crippen LogP contribution >= 0.6 is 0 Å². The number of carbonyl (C=O) groups is 2.